The predicted molar refractivity (Wildman–Crippen MR) is 74.8 cm³/mol. The fraction of sp³-hybridized carbons (Fsp3) is 0.357. The van der Waals surface area contributed by atoms with Gasteiger partial charge < -0.3 is 5.32 Å². The van der Waals surface area contributed by atoms with Gasteiger partial charge in [-0.25, -0.2) is 0 Å². The Hall–Kier alpha value is -1.32. The molecule has 96 valence electrons. The number of halogens is 1. The lowest BCUT2D eigenvalue weighted by molar-refractivity contribution is 0.664. The van der Waals surface area contributed by atoms with Crippen LogP contribution in [0.3, 0.4) is 0 Å². The van der Waals surface area contributed by atoms with Crippen LogP contribution in [0.15, 0.2) is 30.5 Å². The van der Waals surface area contributed by atoms with Gasteiger partial charge >= 0.3 is 0 Å². The van der Waals surface area contributed by atoms with Crippen molar-refractivity contribution in [2.24, 2.45) is 7.05 Å². The van der Waals surface area contributed by atoms with Crippen molar-refractivity contribution < 1.29 is 0 Å². The number of nitrogens with one attached hydrogen (secondary N) is 1. The molecule has 0 saturated carbocycles. The normalized spacial score (nSPS) is 10.8. The van der Waals surface area contributed by atoms with Crippen LogP contribution in [0, 0.1) is 6.92 Å². The molecule has 0 spiro atoms. The Labute approximate surface area is 113 Å². The Balaban J connectivity index is 1.78. The molecule has 0 bridgehead atoms. The molecule has 0 radical (unpaired) electrons. The lowest BCUT2D eigenvalue weighted by atomic mass is 10.1. The summed E-state index contributed by atoms with van der Waals surface area (Å²) in [5.74, 6) is 0. The van der Waals surface area contributed by atoms with E-state index in [1.54, 1.807) is 0 Å². The quantitative estimate of drug-likeness (QED) is 0.841. The maximum Gasteiger partial charge on any atom is 0.0637 e. The Morgan fingerprint density at radius 3 is 2.83 bits per heavy atom. The standard InChI is InChI=1S/C14H18ClN3/c1-11-9-13(15)4-3-12(11)10-16-7-5-14-6-8-18(2)17-14/h3-4,6,8-9,16H,5,7,10H2,1-2H3. The summed E-state index contributed by atoms with van der Waals surface area (Å²) in [7, 11) is 1.94. The number of aromatic nitrogens is 2. The average molecular weight is 264 g/mol. The van der Waals surface area contributed by atoms with E-state index in [0.717, 1.165) is 30.2 Å². The van der Waals surface area contributed by atoms with Gasteiger partial charge in [-0.2, -0.15) is 5.10 Å². The predicted octanol–water partition coefficient (Wildman–Crippen LogP) is 2.71. The van der Waals surface area contributed by atoms with Crippen LogP contribution in [-0.4, -0.2) is 16.3 Å². The summed E-state index contributed by atoms with van der Waals surface area (Å²) in [6, 6.07) is 8.06. The van der Waals surface area contributed by atoms with E-state index in [-0.39, 0.29) is 0 Å². The van der Waals surface area contributed by atoms with Gasteiger partial charge in [0.2, 0.25) is 0 Å². The topological polar surface area (TPSA) is 29.9 Å². The third-order valence-electron chi connectivity index (χ3n) is 2.95. The zero-order valence-electron chi connectivity index (χ0n) is 10.8. The summed E-state index contributed by atoms with van der Waals surface area (Å²) in [4.78, 5) is 0. The third kappa shape index (κ3) is 3.59. The Morgan fingerprint density at radius 1 is 1.33 bits per heavy atom. The molecule has 0 aliphatic heterocycles. The van der Waals surface area contributed by atoms with Crippen molar-refractivity contribution in [2.45, 2.75) is 19.9 Å². The second kappa shape index (κ2) is 6.03. The van der Waals surface area contributed by atoms with Crippen molar-refractivity contribution in [1.82, 2.24) is 15.1 Å². The SMILES string of the molecule is Cc1cc(Cl)ccc1CNCCc1ccn(C)n1. The van der Waals surface area contributed by atoms with E-state index in [0.29, 0.717) is 0 Å². The van der Waals surface area contributed by atoms with Gasteiger partial charge in [0.1, 0.15) is 0 Å². The number of benzene rings is 1. The molecule has 2 rings (SSSR count). The number of rotatable bonds is 5. The molecule has 0 amide bonds. The lowest BCUT2D eigenvalue weighted by Crippen LogP contribution is -2.17. The first-order chi connectivity index (χ1) is 8.65. The van der Waals surface area contributed by atoms with E-state index in [1.807, 2.05) is 30.1 Å². The average Bonchev–Trinajstić information content (AvgIpc) is 2.73. The summed E-state index contributed by atoms with van der Waals surface area (Å²) >= 11 is 5.93. The Morgan fingerprint density at radius 2 is 2.17 bits per heavy atom. The fourth-order valence-corrected chi connectivity index (χ4v) is 2.12. The highest BCUT2D eigenvalue weighted by Crippen LogP contribution is 2.14. The molecular weight excluding hydrogens is 246 g/mol. The van der Waals surface area contributed by atoms with Crippen LogP contribution in [0.2, 0.25) is 5.02 Å². The molecule has 0 saturated heterocycles. The van der Waals surface area contributed by atoms with Crippen LogP contribution < -0.4 is 5.32 Å². The van der Waals surface area contributed by atoms with Gasteiger partial charge in [0.05, 0.1) is 5.69 Å². The van der Waals surface area contributed by atoms with Gasteiger partial charge in [-0.3, -0.25) is 4.68 Å². The van der Waals surface area contributed by atoms with E-state index < -0.39 is 0 Å². The molecule has 1 N–H and O–H groups in total. The minimum absolute atomic E-state index is 0.796. The maximum absolute atomic E-state index is 5.93. The van der Waals surface area contributed by atoms with Gasteiger partial charge in [0, 0.05) is 37.8 Å². The highest BCUT2D eigenvalue weighted by molar-refractivity contribution is 6.30. The molecule has 1 aromatic heterocycles. The highest BCUT2D eigenvalue weighted by Gasteiger charge is 2.00. The van der Waals surface area contributed by atoms with E-state index in [9.17, 15) is 0 Å². The molecular formula is C14H18ClN3. The zero-order chi connectivity index (χ0) is 13.0. The first-order valence-electron chi connectivity index (χ1n) is 6.09. The molecule has 2 aromatic rings. The monoisotopic (exact) mass is 263 g/mol. The molecule has 4 heteroatoms. The summed E-state index contributed by atoms with van der Waals surface area (Å²) in [5, 5.41) is 8.57. The Kier molecular flexibility index (Phi) is 4.39. The van der Waals surface area contributed by atoms with Gasteiger partial charge in [0.15, 0.2) is 0 Å². The fourth-order valence-electron chi connectivity index (χ4n) is 1.89. The zero-order valence-corrected chi connectivity index (χ0v) is 11.5. The number of aryl methyl sites for hydroxylation is 2. The third-order valence-corrected chi connectivity index (χ3v) is 3.18. The van der Waals surface area contributed by atoms with Crippen LogP contribution in [0.25, 0.3) is 0 Å². The molecule has 18 heavy (non-hydrogen) atoms. The molecule has 0 fully saturated rings. The molecule has 1 heterocycles. The summed E-state index contributed by atoms with van der Waals surface area (Å²) in [6.07, 6.45) is 2.92. The molecule has 0 atom stereocenters. The van der Waals surface area contributed by atoms with Crippen LogP contribution in [0.5, 0.6) is 0 Å². The lowest BCUT2D eigenvalue weighted by Gasteiger charge is -2.07. The number of hydrogen-bond acceptors (Lipinski definition) is 2. The minimum atomic E-state index is 0.796. The molecule has 3 nitrogen and oxygen atoms in total. The van der Waals surface area contributed by atoms with Crippen LogP contribution >= 0.6 is 11.6 Å². The van der Waals surface area contributed by atoms with Crippen LogP contribution in [0.1, 0.15) is 16.8 Å². The van der Waals surface area contributed by atoms with Crippen molar-refractivity contribution in [2.75, 3.05) is 6.54 Å². The molecule has 0 aliphatic carbocycles. The van der Waals surface area contributed by atoms with Crippen molar-refractivity contribution in [3.63, 3.8) is 0 Å². The van der Waals surface area contributed by atoms with Crippen molar-refractivity contribution in [3.05, 3.63) is 52.3 Å². The number of hydrogen-bond donors (Lipinski definition) is 1. The summed E-state index contributed by atoms with van der Waals surface area (Å²) in [5.41, 5.74) is 3.64. The van der Waals surface area contributed by atoms with Gasteiger partial charge in [-0.15, -0.1) is 0 Å². The molecule has 1 aromatic carbocycles. The first-order valence-corrected chi connectivity index (χ1v) is 6.47. The summed E-state index contributed by atoms with van der Waals surface area (Å²) in [6.45, 7) is 3.89. The largest absolute Gasteiger partial charge is 0.312 e. The van der Waals surface area contributed by atoms with Crippen LogP contribution in [0.4, 0.5) is 0 Å². The smallest absolute Gasteiger partial charge is 0.0637 e. The van der Waals surface area contributed by atoms with E-state index in [1.165, 1.54) is 11.1 Å². The Bertz CT molecular complexity index is 520. The van der Waals surface area contributed by atoms with Gasteiger partial charge in [-0.1, -0.05) is 17.7 Å². The van der Waals surface area contributed by atoms with Crippen molar-refractivity contribution in [1.29, 1.82) is 0 Å². The van der Waals surface area contributed by atoms with Gasteiger partial charge in [-0.05, 0) is 36.2 Å². The van der Waals surface area contributed by atoms with Crippen LogP contribution in [-0.2, 0) is 20.0 Å². The van der Waals surface area contributed by atoms with Crippen molar-refractivity contribution >= 4 is 11.6 Å². The van der Waals surface area contributed by atoms with Crippen molar-refractivity contribution in [3.8, 4) is 0 Å². The molecule has 0 aliphatic rings. The van der Waals surface area contributed by atoms with E-state index in [4.69, 9.17) is 11.6 Å². The second-order valence-corrected chi connectivity index (χ2v) is 4.91. The maximum atomic E-state index is 5.93. The summed E-state index contributed by atoms with van der Waals surface area (Å²) < 4.78 is 1.83. The van der Waals surface area contributed by atoms with Gasteiger partial charge in [0.25, 0.3) is 0 Å². The first kappa shape index (κ1) is 13.1. The minimum Gasteiger partial charge on any atom is -0.312 e. The molecule has 0 unspecified atom stereocenters. The van der Waals surface area contributed by atoms with E-state index in [2.05, 4.69) is 29.5 Å². The number of nitrogens with zero attached hydrogens (tertiary/aromatic N) is 2. The highest BCUT2D eigenvalue weighted by atomic mass is 35.5. The second-order valence-electron chi connectivity index (χ2n) is 4.48. The van der Waals surface area contributed by atoms with E-state index >= 15 is 0 Å².